The van der Waals surface area contributed by atoms with Gasteiger partial charge in [0.1, 0.15) is 5.01 Å². The van der Waals surface area contributed by atoms with Gasteiger partial charge in [-0.25, -0.2) is 4.98 Å². The Morgan fingerprint density at radius 3 is 2.69 bits per heavy atom. The molecule has 26 heavy (non-hydrogen) atoms. The lowest BCUT2D eigenvalue weighted by Crippen LogP contribution is -2.56. The molecule has 1 amide bonds. The van der Waals surface area contributed by atoms with Crippen LogP contribution in [0.1, 0.15) is 50.0 Å². The normalized spacial score (nSPS) is 35.2. The van der Waals surface area contributed by atoms with Crippen molar-refractivity contribution < 1.29 is 9.90 Å². The van der Waals surface area contributed by atoms with Crippen LogP contribution in [0, 0.1) is 17.3 Å². The van der Waals surface area contributed by atoms with Crippen LogP contribution in [0.4, 0.5) is 0 Å². The third-order valence-corrected chi connectivity index (χ3v) is 7.84. The number of aromatic nitrogens is 1. The van der Waals surface area contributed by atoms with E-state index in [1.807, 2.05) is 30.1 Å². The summed E-state index contributed by atoms with van der Waals surface area (Å²) in [5, 5.41) is 11.9. The highest BCUT2D eigenvalue weighted by atomic mass is 32.1. The third kappa shape index (κ3) is 2.85. The maximum Gasteiger partial charge on any atom is 0.223 e. The number of nitrogens with zero attached hydrogens (tertiary/aromatic N) is 2. The van der Waals surface area contributed by atoms with Crippen molar-refractivity contribution in [2.24, 2.45) is 17.3 Å². The van der Waals surface area contributed by atoms with Crippen LogP contribution in [0.5, 0.6) is 0 Å². The minimum atomic E-state index is -0.490. The van der Waals surface area contributed by atoms with E-state index in [1.165, 1.54) is 11.1 Å². The van der Waals surface area contributed by atoms with Crippen molar-refractivity contribution in [2.45, 2.75) is 57.1 Å². The topological polar surface area (TPSA) is 53.4 Å². The number of aliphatic hydroxyl groups is 1. The van der Waals surface area contributed by atoms with E-state index >= 15 is 0 Å². The Hall–Kier alpha value is -1.46. The zero-order chi connectivity index (χ0) is 17.9. The van der Waals surface area contributed by atoms with E-state index in [1.54, 1.807) is 11.3 Å². The predicted molar refractivity (Wildman–Crippen MR) is 103 cm³/mol. The van der Waals surface area contributed by atoms with Gasteiger partial charge in [0.05, 0.1) is 22.4 Å². The zero-order valence-electron chi connectivity index (χ0n) is 15.3. The molecule has 2 atom stereocenters. The molecule has 1 heterocycles. The number of carbonyl (C=O) groups is 1. The Balaban J connectivity index is 1.29. The molecule has 4 nitrogen and oxygen atoms in total. The maximum atomic E-state index is 13.0. The number of carbonyl (C=O) groups excluding carboxylic acids is 1. The average Bonchev–Trinajstić information content (AvgIpc) is 2.94. The highest BCUT2D eigenvalue weighted by molar-refractivity contribution is 7.18. The van der Waals surface area contributed by atoms with E-state index in [0.29, 0.717) is 24.8 Å². The molecule has 0 aliphatic heterocycles. The lowest BCUT2D eigenvalue weighted by molar-refractivity contribution is -0.171. The highest BCUT2D eigenvalue weighted by Crippen LogP contribution is 2.62. The number of benzene rings is 1. The average molecular weight is 371 g/mol. The Morgan fingerprint density at radius 1 is 1.27 bits per heavy atom. The number of para-hydroxylation sites is 1. The first-order chi connectivity index (χ1) is 12.4. The molecule has 4 aliphatic carbocycles. The smallest absolute Gasteiger partial charge is 0.223 e. The molecular formula is C21H26N2O2S. The lowest BCUT2D eigenvalue weighted by Gasteiger charge is -2.60. The van der Waals surface area contributed by atoms with Crippen LogP contribution in [0.25, 0.3) is 10.2 Å². The van der Waals surface area contributed by atoms with Gasteiger partial charge < -0.3 is 10.0 Å². The lowest BCUT2D eigenvalue weighted by atomic mass is 9.47. The summed E-state index contributed by atoms with van der Waals surface area (Å²) < 4.78 is 1.17. The molecule has 1 aromatic carbocycles. The Labute approximate surface area is 158 Å². The van der Waals surface area contributed by atoms with Crippen molar-refractivity contribution >= 4 is 27.5 Å². The number of hydrogen-bond acceptors (Lipinski definition) is 4. The Kier molecular flexibility index (Phi) is 3.70. The quantitative estimate of drug-likeness (QED) is 0.886. The molecule has 0 spiro atoms. The van der Waals surface area contributed by atoms with Crippen LogP contribution in [-0.2, 0) is 11.3 Å². The third-order valence-electron chi connectivity index (χ3n) is 6.81. The summed E-state index contributed by atoms with van der Waals surface area (Å²) >= 11 is 1.67. The first kappa shape index (κ1) is 16.7. The minimum Gasteiger partial charge on any atom is -0.390 e. The van der Waals surface area contributed by atoms with Crippen molar-refractivity contribution in [1.82, 2.24) is 9.88 Å². The zero-order valence-corrected chi connectivity index (χ0v) is 16.1. The van der Waals surface area contributed by atoms with Crippen LogP contribution in [-0.4, -0.2) is 33.5 Å². The minimum absolute atomic E-state index is 0.0395. The van der Waals surface area contributed by atoms with Crippen molar-refractivity contribution in [3.63, 3.8) is 0 Å². The molecule has 1 aromatic heterocycles. The van der Waals surface area contributed by atoms with Crippen molar-refractivity contribution in [2.75, 3.05) is 7.05 Å². The van der Waals surface area contributed by atoms with Crippen LogP contribution in [0.2, 0.25) is 0 Å². The Bertz CT molecular complexity index is 814. The van der Waals surface area contributed by atoms with Crippen LogP contribution >= 0.6 is 11.3 Å². The molecular weight excluding hydrogens is 344 g/mol. The van der Waals surface area contributed by atoms with E-state index in [-0.39, 0.29) is 11.3 Å². The molecule has 138 valence electrons. The number of amides is 1. The van der Waals surface area contributed by atoms with Gasteiger partial charge in [0.25, 0.3) is 0 Å². The van der Waals surface area contributed by atoms with Gasteiger partial charge in [-0.05, 0) is 67.9 Å². The maximum absolute atomic E-state index is 13.0. The fraction of sp³-hybridized carbons (Fsp3) is 0.619. The molecule has 4 bridgehead atoms. The summed E-state index contributed by atoms with van der Waals surface area (Å²) in [6, 6.07) is 8.12. The van der Waals surface area contributed by atoms with Crippen LogP contribution in [0.15, 0.2) is 24.3 Å². The van der Waals surface area contributed by atoms with Gasteiger partial charge in [0.15, 0.2) is 0 Å². The first-order valence-electron chi connectivity index (χ1n) is 9.73. The van der Waals surface area contributed by atoms with Gasteiger partial charge in [-0.3, -0.25) is 4.79 Å². The van der Waals surface area contributed by atoms with Crippen molar-refractivity contribution in [1.29, 1.82) is 0 Å². The van der Waals surface area contributed by atoms with Crippen LogP contribution in [0.3, 0.4) is 0 Å². The fourth-order valence-corrected chi connectivity index (χ4v) is 7.36. The van der Waals surface area contributed by atoms with E-state index in [9.17, 15) is 9.90 Å². The van der Waals surface area contributed by atoms with E-state index < -0.39 is 5.60 Å². The molecule has 2 unspecified atom stereocenters. The summed E-state index contributed by atoms with van der Waals surface area (Å²) in [6.07, 6.45) is 6.86. The molecule has 4 fully saturated rings. The summed E-state index contributed by atoms with van der Waals surface area (Å²) in [5.74, 6) is 1.46. The second kappa shape index (κ2) is 5.77. The number of fused-ring (bicyclic) bond motifs is 1. The highest BCUT2D eigenvalue weighted by Gasteiger charge is 2.57. The van der Waals surface area contributed by atoms with Gasteiger partial charge in [-0.15, -0.1) is 11.3 Å². The predicted octanol–water partition coefficient (Wildman–Crippen LogP) is 3.98. The standard InChI is InChI=1S/C21H26N2O2S/c1-23(12-18-22-16-4-2-3-5-17(16)26-18)19(24)11-20-7-14-6-15(8-20)10-21(25,9-14)13-20/h2-5,14-15,25H,6-13H2,1H3. The molecule has 2 aromatic rings. The summed E-state index contributed by atoms with van der Waals surface area (Å²) in [4.78, 5) is 19.5. The summed E-state index contributed by atoms with van der Waals surface area (Å²) in [5.41, 5.74) is 0.560. The molecule has 4 aliphatic rings. The second-order valence-electron chi connectivity index (χ2n) is 9.19. The Morgan fingerprint density at radius 2 is 2.00 bits per heavy atom. The summed E-state index contributed by atoms with van der Waals surface area (Å²) in [7, 11) is 1.89. The largest absolute Gasteiger partial charge is 0.390 e. The van der Waals surface area contributed by atoms with Crippen molar-refractivity contribution in [3.8, 4) is 0 Å². The molecule has 5 heteroatoms. The van der Waals surface area contributed by atoms with Gasteiger partial charge in [0, 0.05) is 13.5 Å². The summed E-state index contributed by atoms with van der Waals surface area (Å²) in [6.45, 7) is 0.575. The molecule has 0 radical (unpaired) electrons. The molecule has 1 N–H and O–H groups in total. The van der Waals surface area contributed by atoms with Gasteiger partial charge in [-0.2, -0.15) is 0 Å². The number of rotatable bonds is 4. The van der Waals surface area contributed by atoms with Crippen molar-refractivity contribution in [3.05, 3.63) is 29.3 Å². The fourth-order valence-electron chi connectivity index (χ4n) is 6.34. The number of thiazole rings is 1. The van der Waals surface area contributed by atoms with Gasteiger partial charge in [0.2, 0.25) is 5.91 Å². The van der Waals surface area contributed by atoms with Gasteiger partial charge in [-0.1, -0.05) is 12.1 Å². The van der Waals surface area contributed by atoms with E-state index in [4.69, 9.17) is 0 Å². The monoisotopic (exact) mass is 370 g/mol. The molecule has 0 saturated heterocycles. The first-order valence-corrected chi connectivity index (χ1v) is 10.5. The molecule has 6 rings (SSSR count). The van der Waals surface area contributed by atoms with E-state index in [2.05, 4.69) is 11.1 Å². The van der Waals surface area contributed by atoms with Gasteiger partial charge >= 0.3 is 0 Å². The second-order valence-corrected chi connectivity index (χ2v) is 10.3. The molecule has 4 saturated carbocycles. The van der Waals surface area contributed by atoms with E-state index in [0.717, 1.165) is 42.6 Å². The van der Waals surface area contributed by atoms with Crippen LogP contribution < -0.4 is 0 Å². The SMILES string of the molecule is CN(Cc1nc2ccccc2s1)C(=O)CC12CC3CC(CC(O)(C3)C1)C2. The number of hydrogen-bond donors (Lipinski definition) is 1.